The van der Waals surface area contributed by atoms with Crippen molar-refractivity contribution in [2.45, 2.75) is 53.1 Å². The largest absolute Gasteiger partial charge is 0.338 e. The smallest absolute Gasteiger partial charge is 0.318 e. The zero-order valence-electron chi connectivity index (χ0n) is 21.8. The Morgan fingerprint density at radius 1 is 1.00 bits per heavy atom. The van der Waals surface area contributed by atoms with E-state index in [9.17, 15) is 4.79 Å². The summed E-state index contributed by atoms with van der Waals surface area (Å²) < 4.78 is 4.21. The first-order valence-corrected chi connectivity index (χ1v) is 12.8. The van der Waals surface area contributed by atoms with Crippen LogP contribution in [0.1, 0.15) is 67.7 Å². The summed E-state index contributed by atoms with van der Waals surface area (Å²) in [5, 5.41) is 8.09. The molecule has 186 valence electrons. The minimum Gasteiger partial charge on any atom is -0.338 e. The molecule has 0 bridgehead atoms. The Balaban J connectivity index is 1.69. The van der Waals surface area contributed by atoms with Gasteiger partial charge in [-0.25, -0.2) is 9.48 Å². The van der Waals surface area contributed by atoms with Crippen molar-refractivity contribution >= 4 is 6.03 Å². The molecule has 0 radical (unpaired) electrons. The van der Waals surface area contributed by atoms with Crippen LogP contribution in [0.2, 0.25) is 0 Å². The third-order valence-electron chi connectivity index (χ3n) is 6.93. The summed E-state index contributed by atoms with van der Waals surface area (Å²) in [6.45, 7) is 11.8. The molecule has 1 unspecified atom stereocenters. The number of hydrogen-bond donors (Lipinski definition) is 1. The quantitative estimate of drug-likeness (QED) is 0.360. The molecule has 2 aromatic carbocycles. The van der Waals surface area contributed by atoms with E-state index in [0.29, 0.717) is 24.9 Å². The summed E-state index contributed by atoms with van der Waals surface area (Å²) in [6, 6.07) is 22.8. The van der Waals surface area contributed by atoms with Gasteiger partial charge in [-0.15, -0.1) is 0 Å². The van der Waals surface area contributed by atoms with E-state index in [1.165, 1.54) is 5.56 Å². The van der Waals surface area contributed by atoms with Crippen LogP contribution in [0.15, 0.2) is 72.9 Å². The van der Waals surface area contributed by atoms with Crippen LogP contribution in [0.5, 0.6) is 0 Å². The van der Waals surface area contributed by atoms with Crippen molar-refractivity contribution in [3.8, 4) is 11.5 Å². The van der Waals surface area contributed by atoms with Gasteiger partial charge in [0.05, 0.1) is 29.7 Å². The number of rotatable bonds is 5. The van der Waals surface area contributed by atoms with Gasteiger partial charge < -0.3 is 14.8 Å². The predicted octanol–water partition coefficient (Wildman–Crippen LogP) is 6.37. The minimum atomic E-state index is -0.232. The Bertz CT molecular complexity index is 1350. The fourth-order valence-electron chi connectivity index (χ4n) is 4.96. The number of para-hydroxylation sites is 1. The first kappa shape index (κ1) is 23.9. The van der Waals surface area contributed by atoms with Gasteiger partial charge in [-0.2, -0.15) is 5.10 Å². The summed E-state index contributed by atoms with van der Waals surface area (Å²) in [5.74, 6) is 1.81. The lowest BCUT2D eigenvalue weighted by Crippen LogP contribution is -2.43. The highest BCUT2D eigenvalue weighted by atomic mass is 16.2. The number of nitrogens with one attached hydrogen (secondary N) is 1. The third-order valence-corrected chi connectivity index (χ3v) is 6.93. The molecule has 1 N–H and O–H groups in total. The molecule has 36 heavy (non-hydrogen) atoms. The lowest BCUT2D eigenvalue weighted by atomic mass is 9.97. The fourth-order valence-corrected chi connectivity index (χ4v) is 4.96. The van der Waals surface area contributed by atoms with Crippen molar-refractivity contribution in [3.05, 3.63) is 101 Å². The Morgan fingerprint density at radius 3 is 2.39 bits per heavy atom. The van der Waals surface area contributed by atoms with E-state index in [1.54, 1.807) is 0 Å². The second-order valence-electron chi connectivity index (χ2n) is 10.4. The van der Waals surface area contributed by atoms with Crippen LogP contribution < -0.4 is 5.32 Å². The summed E-state index contributed by atoms with van der Waals surface area (Å²) in [6.07, 6.45) is 2.08. The van der Waals surface area contributed by atoms with Gasteiger partial charge >= 0.3 is 6.03 Å². The SMILES string of the molecule is Cc1nn(-c2ccccc2)c2c1CN(C(=O)NCC(C)C)C(c1ccc(C(C)C)cc1)c1cccn1-2. The van der Waals surface area contributed by atoms with E-state index >= 15 is 0 Å². The molecule has 0 fully saturated rings. The van der Waals surface area contributed by atoms with Crippen LogP contribution in [-0.4, -0.2) is 31.8 Å². The van der Waals surface area contributed by atoms with E-state index in [2.05, 4.69) is 92.3 Å². The molecule has 4 aromatic rings. The maximum absolute atomic E-state index is 13.7. The van der Waals surface area contributed by atoms with Crippen molar-refractivity contribution in [1.29, 1.82) is 0 Å². The molecule has 0 saturated heterocycles. The molecule has 0 saturated carbocycles. The highest BCUT2D eigenvalue weighted by Gasteiger charge is 2.36. The number of nitrogens with zero attached hydrogens (tertiary/aromatic N) is 4. The van der Waals surface area contributed by atoms with Gasteiger partial charge in [-0.05, 0) is 54.2 Å². The van der Waals surface area contributed by atoms with Crippen LogP contribution >= 0.6 is 0 Å². The van der Waals surface area contributed by atoms with Crippen LogP contribution in [0.25, 0.3) is 11.5 Å². The number of amides is 2. The van der Waals surface area contributed by atoms with E-state index in [0.717, 1.165) is 34.0 Å². The first-order valence-electron chi connectivity index (χ1n) is 12.8. The maximum Gasteiger partial charge on any atom is 0.318 e. The zero-order valence-corrected chi connectivity index (χ0v) is 21.8. The molecule has 3 heterocycles. The van der Waals surface area contributed by atoms with Crippen LogP contribution in [-0.2, 0) is 6.54 Å². The number of aryl methyl sites for hydroxylation is 1. The Hall–Kier alpha value is -3.80. The average Bonchev–Trinajstić information content (AvgIpc) is 3.43. The summed E-state index contributed by atoms with van der Waals surface area (Å²) in [4.78, 5) is 15.7. The van der Waals surface area contributed by atoms with Crippen molar-refractivity contribution in [2.24, 2.45) is 5.92 Å². The van der Waals surface area contributed by atoms with Crippen LogP contribution in [0.4, 0.5) is 4.79 Å². The monoisotopic (exact) mass is 481 g/mol. The standard InChI is InChI=1S/C30H35N5O/c1-20(2)18-31-30(36)34-19-26-22(5)32-35(25-10-7-6-8-11-25)29(26)33-17-9-12-27(33)28(34)24-15-13-23(14-16-24)21(3)4/h6-17,20-21,28H,18-19H2,1-5H3,(H,31,36). The number of carbonyl (C=O) groups excluding carboxylic acids is 1. The van der Waals surface area contributed by atoms with Gasteiger partial charge in [-0.1, -0.05) is 70.2 Å². The van der Waals surface area contributed by atoms with Crippen molar-refractivity contribution in [2.75, 3.05) is 6.54 Å². The summed E-state index contributed by atoms with van der Waals surface area (Å²) >= 11 is 0. The molecule has 2 amide bonds. The molecule has 0 aliphatic carbocycles. The van der Waals surface area contributed by atoms with Gasteiger partial charge in [-0.3, -0.25) is 0 Å². The Morgan fingerprint density at radius 2 is 1.72 bits per heavy atom. The zero-order chi connectivity index (χ0) is 25.4. The lowest BCUT2D eigenvalue weighted by Gasteiger charge is -2.31. The summed E-state index contributed by atoms with van der Waals surface area (Å²) in [7, 11) is 0. The number of fused-ring (bicyclic) bond motifs is 3. The molecule has 1 aliphatic rings. The topological polar surface area (TPSA) is 55.1 Å². The molecule has 0 spiro atoms. The summed E-state index contributed by atoms with van der Waals surface area (Å²) in [5.41, 5.74) is 6.40. The lowest BCUT2D eigenvalue weighted by molar-refractivity contribution is 0.179. The van der Waals surface area contributed by atoms with Crippen molar-refractivity contribution < 1.29 is 4.79 Å². The van der Waals surface area contributed by atoms with E-state index in [1.807, 2.05) is 34.7 Å². The average molecular weight is 482 g/mol. The molecule has 1 atom stereocenters. The number of urea groups is 1. The molecule has 5 rings (SSSR count). The molecule has 2 aromatic heterocycles. The fraction of sp³-hybridized carbons (Fsp3) is 0.333. The van der Waals surface area contributed by atoms with E-state index in [-0.39, 0.29) is 12.1 Å². The second-order valence-corrected chi connectivity index (χ2v) is 10.4. The van der Waals surface area contributed by atoms with Gasteiger partial charge in [0.2, 0.25) is 0 Å². The normalized spacial score (nSPS) is 15.1. The number of hydrogen-bond acceptors (Lipinski definition) is 2. The highest BCUT2D eigenvalue weighted by Crippen LogP contribution is 2.38. The van der Waals surface area contributed by atoms with Gasteiger partial charge in [0.15, 0.2) is 0 Å². The number of benzene rings is 2. The highest BCUT2D eigenvalue weighted by molar-refractivity contribution is 5.76. The van der Waals surface area contributed by atoms with E-state index < -0.39 is 0 Å². The molecule has 1 aliphatic heterocycles. The molecule has 6 nitrogen and oxygen atoms in total. The number of aromatic nitrogens is 3. The first-order chi connectivity index (χ1) is 17.3. The molecule has 6 heteroatoms. The van der Waals surface area contributed by atoms with Gasteiger partial charge in [0.25, 0.3) is 0 Å². The molecular weight excluding hydrogens is 446 g/mol. The molecular formula is C30H35N5O. The van der Waals surface area contributed by atoms with Crippen LogP contribution in [0.3, 0.4) is 0 Å². The Kier molecular flexibility index (Phi) is 6.44. The maximum atomic E-state index is 13.7. The number of carbonyl (C=O) groups is 1. The Labute approximate surface area is 213 Å². The predicted molar refractivity (Wildman–Crippen MR) is 144 cm³/mol. The van der Waals surface area contributed by atoms with Gasteiger partial charge in [0, 0.05) is 18.3 Å². The van der Waals surface area contributed by atoms with Crippen molar-refractivity contribution in [3.63, 3.8) is 0 Å². The second kappa shape index (κ2) is 9.69. The van der Waals surface area contributed by atoms with E-state index in [4.69, 9.17) is 5.10 Å². The van der Waals surface area contributed by atoms with Crippen molar-refractivity contribution in [1.82, 2.24) is 24.6 Å². The third kappa shape index (κ3) is 4.32. The minimum absolute atomic E-state index is 0.0610. The van der Waals surface area contributed by atoms with Gasteiger partial charge in [0.1, 0.15) is 5.82 Å². The van der Waals surface area contributed by atoms with Crippen LogP contribution in [0, 0.1) is 12.8 Å².